The number of alkyl halides is 1. The third-order valence-electron chi connectivity index (χ3n) is 1.35. The van der Waals surface area contributed by atoms with Crippen LogP contribution in [0.2, 0.25) is 0 Å². The Morgan fingerprint density at radius 2 is 2.40 bits per heavy atom. The first-order valence-electron chi connectivity index (χ1n) is 2.96. The highest BCUT2D eigenvalue weighted by molar-refractivity contribution is 9.11. The van der Waals surface area contributed by atoms with Crippen LogP contribution in [0.25, 0.3) is 0 Å². The number of ether oxygens (including phenoxy) is 1. The van der Waals surface area contributed by atoms with E-state index in [9.17, 15) is 0 Å². The van der Waals surface area contributed by atoms with Crippen LogP contribution in [0, 0.1) is 0 Å². The molecule has 0 aromatic carbocycles. The Balaban J connectivity index is 2.67. The van der Waals surface area contributed by atoms with Gasteiger partial charge in [0.2, 0.25) is 0 Å². The molecule has 1 aliphatic rings. The summed E-state index contributed by atoms with van der Waals surface area (Å²) in [4.78, 5) is 0. The average molecular weight is 223 g/mol. The minimum absolute atomic E-state index is 0.000965. The number of methoxy groups -OCH3 is 1. The third kappa shape index (κ3) is 1.84. The van der Waals surface area contributed by atoms with Crippen molar-refractivity contribution in [1.82, 2.24) is 0 Å². The zero-order valence-corrected chi connectivity index (χ0v) is 7.89. The van der Waals surface area contributed by atoms with Gasteiger partial charge < -0.3 is 4.74 Å². The maximum Gasteiger partial charge on any atom is 0.0964 e. The van der Waals surface area contributed by atoms with Crippen molar-refractivity contribution in [2.45, 2.75) is 11.5 Å². The standard InChI is InChI=1S/C7H8BrClO/c1-10-7-4-5(8)2-3-6(7)9/h2-4,6-7H,1H3. The molecule has 0 bridgehead atoms. The minimum Gasteiger partial charge on any atom is -0.375 e. The monoisotopic (exact) mass is 222 g/mol. The normalized spacial score (nSPS) is 32.1. The molecule has 0 aromatic heterocycles. The average Bonchev–Trinajstić information content (AvgIpc) is 1.94. The summed E-state index contributed by atoms with van der Waals surface area (Å²) in [6.45, 7) is 0. The lowest BCUT2D eigenvalue weighted by molar-refractivity contribution is 0.145. The van der Waals surface area contributed by atoms with Crippen LogP contribution in [0.4, 0.5) is 0 Å². The van der Waals surface area contributed by atoms with Crippen LogP contribution in [-0.4, -0.2) is 18.6 Å². The molecule has 0 saturated carbocycles. The summed E-state index contributed by atoms with van der Waals surface area (Å²) in [5, 5.41) is -0.0358. The maximum atomic E-state index is 5.87. The molecule has 1 aliphatic carbocycles. The van der Waals surface area contributed by atoms with E-state index in [1.165, 1.54) is 0 Å². The molecule has 0 saturated heterocycles. The van der Waals surface area contributed by atoms with Gasteiger partial charge in [0, 0.05) is 11.6 Å². The first-order valence-corrected chi connectivity index (χ1v) is 4.19. The van der Waals surface area contributed by atoms with Crippen molar-refractivity contribution >= 4 is 27.5 Å². The fraction of sp³-hybridized carbons (Fsp3) is 0.429. The van der Waals surface area contributed by atoms with E-state index in [2.05, 4.69) is 15.9 Å². The van der Waals surface area contributed by atoms with Gasteiger partial charge in [0.1, 0.15) is 0 Å². The van der Waals surface area contributed by atoms with Crippen molar-refractivity contribution in [2.75, 3.05) is 7.11 Å². The largest absolute Gasteiger partial charge is 0.375 e. The van der Waals surface area contributed by atoms with Crippen LogP contribution < -0.4 is 0 Å². The van der Waals surface area contributed by atoms with Gasteiger partial charge in [-0.3, -0.25) is 0 Å². The van der Waals surface area contributed by atoms with Crippen molar-refractivity contribution in [1.29, 1.82) is 0 Å². The maximum absolute atomic E-state index is 5.87. The molecule has 0 spiro atoms. The summed E-state index contributed by atoms with van der Waals surface area (Å²) >= 11 is 9.20. The van der Waals surface area contributed by atoms with Crippen molar-refractivity contribution in [2.24, 2.45) is 0 Å². The molecule has 0 amide bonds. The molecular weight excluding hydrogens is 215 g/mol. The Morgan fingerprint density at radius 3 is 2.90 bits per heavy atom. The number of rotatable bonds is 1. The van der Waals surface area contributed by atoms with E-state index in [1.54, 1.807) is 7.11 Å². The molecule has 3 heteroatoms. The fourth-order valence-electron chi connectivity index (χ4n) is 0.796. The molecular formula is C7H8BrClO. The Kier molecular flexibility index (Phi) is 2.96. The molecule has 10 heavy (non-hydrogen) atoms. The number of allylic oxidation sites excluding steroid dienone is 2. The van der Waals surface area contributed by atoms with Crippen molar-refractivity contribution in [3.8, 4) is 0 Å². The predicted molar refractivity (Wildman–Crippen MR) is 46.6 cm³/mol. The lowest BCUT2D eigenvalue weighted by Crippen LogP contribution is -2.21. The Morgan fingerprint density at radius 1 is 1.70 bits per heavy atom. The molecule has 1 rings (SSSR count). The van der Waals surface area contributed by atoms with E-state index < -0.39 is 0 Å². The summed E-state index contributed by atoms with van der Waals surface area (Å²) in [5.74, 6) is 0. The van der Waals surface area contributed by atoms with E-state index in [1.807, 2.05) is 18.2 Å². The molecule has 0 aromatic rings. The van der Waals surface area contributed by atoms with E-state index in [0.29, 0.717) is 0 Å². The zero-order chi connectivity index (χ0) is 7.56. The van der Waals surface area contributed by atoms with Crippen LogP contribution in [0.15, 0.2) is 22.7 Å². The Bertz CT molecular complexity index is 176. The third-order valence-corrected chi connectivity index (χ3v) is 2.27. The number of halogens is 2. The van der Waals surface area contributed by atoms with Gasteiger partial charge in [-0.15, -0.1) is 11.6 Å². The second kappa shape index (κ2) is 3.56. The summed E-state index contributed by atoms with van der Waals surface area (Å²) in [7, 11) is 1.65. The number of hydrogen-bond acceptors (Lipinski definition) is 1. The second-order valence-electron chi connectivity index (χ2n) is 2.06. The van der Waals surface area contributed by atoms with Gasteiger partial charge in [-0.2, -0.15) is 0 Å². The predicted octanol–water partition coefficient (Wildman–Crippen LogP) is 2.46. The quantitative estimate of drug-likeness (QED) is 0.621. The fourth-order valence-corrected chi connectivity index (χ4v) is 1.46. The van der Waals surface area contributed by atoms with Gasteiger partial charge in [-0.1, -0.05) is 28.1 Å². The Labute approximate surface area is 73.8 Å². The van der Waals surface area contributed by atoms with E-state index >= 15 is 0 Å². The highest BCUT2D eigenvalue weighted by Crippen LogP contribution is 2.21. The smallest absolute Gasteiger partial charge is 0.0964 e. The topological polar surface area (TPSA) is 9.23 Å². The second-order valence-corrected chi connectivity index (χ2v) is 3.48. The van der Waals surface area contributed by atoms with Crippen LogP contribution in [0.1, 0.15) is 0 Å². The van der Waals surface area contributed by atoms with E-state index in [0.717, 1.165) is 4.48 Å². The van der Waals surface area contributed by atoms with Crippen LogP contribution in [0.5, 0.6) is 0 Å². The SMILES string of the molecule is COC1C=C(Br)C=CC1Cl. The molecule has 0 N–H and O–H groups in total. The van der Waals surface area contributed by atoms with Gasteiger partial charge >= 0.3 is 0 Å². The first-order chi connectivity index (χ1) is 4.74. The lowest BCUT2D eigenvalue weighted by Gasteiger charge is -2.17. The van der Waals surface area contributed by atoms with Gasteiger partial charge in [0.05, 0.1) is 11.5 Å². The summed E-state index contributed by atoms with van der Waals surface area (Å²) < 4.78 is 6.11. The highest BCUT2D eigenvalue weighted by Gasteiger charge is 2.16. The Hall–Kier alpha value is 0.210. The summed E-state index contributed by atoms with van der Waals surface area (Å²) in [6.07, 6.45) is 5.77. The highest BCUT2D eigenvalue weighted by atomic mass is 79.9. The van der Waals surface area contributed by atoms with Gasteiger partial charge in [-0.05, 0) is 6.08 Å². The van der Waals surface area contributed by atoms with Gasteiger partial charge in [0.25, 0.3) is 0 Å². The van der Waals surface area contributed by atoms with Crippen LogP contribution in [-0.2, 0) is 4.74 Å². The first kappa shape index (κ1) is 8.31. The van der Waals surface area contributed by atoms with Gasteiger partial charge in [-0.25, -0.2) is 0 Å². The van der Waals surface area contributed by atoms with Crippen molar-refractivity contribution < 1.29 is 4.74 Å². The molecule has 56 valence electrons. The minimum atomic E-state index is -0.0358. The molecule has 0 fully saturated rings. The summed E-state index contributed by atoms with van der Waals surface area (Å²) in [5.41, 5.74) is 0. The van der Waals surface area contributed by atoms with E-state index in [4.69, 9.17) is 16.3 Å². The van der Waals surface area contributed by atoms with Crippen LogP contribution in [0.3, 0.4) is 0 Å². The number of hydrogen-bond donors (Lipinski definition) is 0. The van der Waals surface area contributed by atoms with Gasteiger partial charge in [0.15, 0.2) is 0 Å². The molecule has 0 radical (unpaired) electrons. The zero-order valence-electron chi connectivity index (χ0n) is 5.55. The molecule has 0 aliphatic heterocycles. The lowest BCUT2D eigenvalue weighted by atomic mass is 10.1. The summed E-state index contributed by atoms with van der Waals surface area (Å²) in [6, 6.07) is 0. The van der Waals surface area contributed by atoms with E-state index in [-0.39, 0.29) is 11.5 Å². The molecule has 2 unspecified atom stereocenters. The molecule has 0 heterocycles. The molecule has 1 nitrogen and oxygen atoms in total. The van der Waals surface area contributed by atoms with Crippen molar-refractivity contribution in [3.05, 3.63) is 22.7 Å². The van der Waals surface area contributed by atoms with Crippen LogP contribution >= 0.6 is 27.5 Å². The van der Waals surface area contributed by atoms with Crippen molar-refractivity contribution in [3.63, 3.8) is 0 Å². The molecule has 2 atom stereocenters.